The lowest BCUT2D eigenvalue weighted by Gasteiger charge is -2.21. The van der Waals surface area contributed by atoms with Crippen LogP contribution in [-0.4, -0.2) is 55.4 Å². The molecule has 0 radical (unpaired) electrons. The Bertz CT molecular complexity index is 1380. The maximum Gasteiger partial charge on any atom is 0.416 e. The van der Waals surface area contributed by atoms with Crippen molar-refractivity contribution in [2.24, 2.45) is 0 Å². The van der Waals surface area contributed by atoms with Gasteiger partial charge >= 0.3 is 6.18 Å². The van der Waals surface area contributed by atoms with Gasteiger partial charge in [0.25, 0.3) is 5.91 Å². The van der Waals surface area contributed by atoms with E-state index in [-0.39, 0.29) is 47.4 Å². The number of benzene rings is 2. The Kier molecular flexibility index (Phi) is 8.38. The molecule has 1 N–H and O–H groups in total. The first-order chi connectivity index (χ1) is 18.5. The molecule has 4 rings (SSSR count). The Morgan fingerprint density at radius 1 is 1.08 bits per heavy atom. The first-order valence-corrected chi connectivity index (χ1v) is 13.7. The molecular weight excluding hydrogens is 540 g/mol. The molecule has 0 spiro atoms. The summed E-state index contributed by atoms with van der Waals surface area (Å²) in [6.45, 7) is 1.22. The van der Waals surface area contributed by atoms with Crippen LogP contribution in [0.3, 0.4) is 0 Å². The zero-order valence-corrected chi connectivity index (χ0v) is 21.7. The van der Waals surface area contributed by atoms with Gasteiger partial charge in [-0.3, -0.25) is 4.79 Å². The summed E-state index contributed by atoms with van der Waals surface area (Å²) in [7, 11) is -3.31. The van der Waals surface area contributed by atoms with Gasteiger partial charge in [-0.05, 0) is 42.0 Å². The van der Waals surface area contributed by atoms with Crippen LogP contribution in [0.2, 0.25) is 0 Å². The highest BCUT2D eigenvalue weighted by Crippen LogP contribution is 2.31. The number of rotatable bonds is 9. The maximum absolute atomic E-state index is 13.7. The van der Waals surface area contributed by atoms with Crippen molar-refractivity contribution in [3.05, 3.63) is 77.6 Å². The Balaban J connectivity index is 1.34. The van der Waals surface area contributed by atoms with Crippen LogP contribution in [0.1, 0.15) is 34.8 Å². The predicted molar refractivity (Wildman–Crippen MR) is 135 cm³/mol. The Morgan fingerprint density at radius 3 is 2.28 bits per heavy atom. The normalized spacial score (nSPS) is 17.7. The summed E-state index contributed by atoms with van der Waals surface area (Å²) in [5.41, 5.74) is 0.0951. The molecule has 0 unspecified atom stereocenters. The number of halogens is 4. The number of nitrogens with zero attached hydrogens (tertiary/aromatic N) is 3. The molecule has 2 heterocycles. The van der Waals surface area contributed by atoms with Crippen molar-refractivity contribution in [2.45, 2.75) is 43.1 Å². The third-order valence-corrected chi connectivity index (χ3v) is 8.06. The summed E-state index contributed by atoms with van der Waals surface area (Å²) in [5.74, 6) is -0.0173. The van der Waals surface area contributed by atoms with E-state index in [0.29, 0.717) is 5.56 Å². The second kappa shape index (κ2) is 11.6. The molecule has 39 heavy (non-hydrogen) atoms. The number of carbonyl (C=O) groups excluding carboxylic acids is 1. The van der Waals surface area contributed by atoms with Crippen LogP contribution in [0, 0.1) is 0 Å². The molecule has 13 heteroatoms. The van der Waals surface area contributed by atoms with E-state index in [4.69, 9.17) is 4.74 Å². The van der Waals surface area contributed by atoms with Gasteiger partial charge in [0.1, 0.15) is 18.5 Å². The third kappa shape index (κ3) is 6.83. The van der Waals surface area contributed by atoms with E-state index in [1.54, 1.807) is 24.0 Å². The summed E-state index contributed by atoms with van der Waals surface area (Å²) in [4.78, 5) is 22.8. The van der Waals surface area contributed by atoms with Gasteiger partial charge in [-0.15, -0.1) is 0 Å². The number of sulfone groups is 1. The number of carbonyl (C=O) groups is 1. The molecule has 1 aliphatic rings. The van der Waals surface area contributed by atoms with Crippen LogP contribution >= 0.6 is 0 Å². The fourth-order valence-electron chi connectivity index (χ4n) is 4.12. The molecular formula is C26H26F4N4O4S. The highest BCUT2D eigenvalue weighted by atomic mass is 32.2. The molecule has 1 aromatic heterocycles. The van der Waals surface area contributed by atoms with Crippen molar-refractivity contribution >= 4 is 21.7 Å². The van der Waals surface area contributed by atoms with Crippen molar-refractivity contribution in [1.82, 2.24) is 15.3 Å². The van der Waals surface area contributed by atoms with E-state index in [1.165, 1.54) is 36.7 Å². The lowest BCUT2D eigenvalue weighted by Crippen LogP contribution is -2.33. The highest BCUT2D eigenvalue weighted by Gasteiger charge is 2.35. The fourth-order valence-corrected chi connectivity index (χ4v) is 5.00. The average molecular weight is 567 g/mol. The molecule has 3 aromatic rings. The lowest BCUT2D eigenvalue weighted by atomic mass is 10.2. The molecule has 8 nitrogen and oxygen atoms in total. The van der Waals surface area contributed by atoms with Crippen molar-refractivity contribution in [3.8, 4) is 5.75 Å². The van der Waals surface area contributed by atoms with E-state index < -0.39 is 46.3 Å². The summed E-state index contributed by atoms with van der Waals surface area (Å²) in [6.07, 6.45) is -2.04. The van der Waals surface area contributed by atoms with E-state index in [9.17, 15) is 30.8 Å². The Labute approximate surface area is 223 Å². The minimum atomic E-state index is -4.45. The van der Waals surface area contributed by atoms with E-state index in [1.807, 2.05) is 0 Å². The number of alkyl halides is 4. The van der Waals surface area contributed by atoms with Gasteiger partial charge in [0.05, 0.1) is 34.4 Å². The van der Waals surface area contributed by atoms with E-state index >= 15 is 0 Å². The van der Waals surface area contributed by atoms with Crippen LogP contribution in [-0.2, 0) is 22.6 Å². The van der Waals surface area contributed by atoms with Crippen LogP contribution < -0.4 is 15.0 Å². The molecule has 0 saturated carbocycles. The molecule has 1 saturated heterocycles. The molecule has 1 fully saturated rings. The molecule has 2 atom stereocenters. The number of anilines is 1. The van der Waals surface area contributed by atoms with Gasteiger partial charge in [-0.1, -0.05) is 19.1 Å². The van der Waals surface area contributed by atoms with Gasteiger partial charge in [-0.25, -0.2) is 22.8 Å². The van der Waals surface area contributed by atoms with Crippen LogP contribution in [0.25, 0.3) is 0 Å². The molecule has 2 aromatic carbocycles. The van der Waals surface area contributed by atoms with Gasteiger partial charge in [-0.2, -0.15) is 13.2 Å². The van der Waals surface area contributed by atoms with Crippen molar-refractivity contribution in [3.63, 3.8) is 0 Å². The predicted octanol–water partition coefficient (Wildman–Crippen LogP) is 4.21. The van der Waals surface area contributed by atoms with Crippen LogP contribution in [0.5, 0.6) is 5.75 Å². The number of amides is 1. The Hall–Kier alpha value is -3.74. The van der Waals surface area contributed by atoms with Gasteiger partial charge in [0.2, 0.25) is 5.95 Å². The lowest BCUT2D eigenvalue weighted by molar-refractivity contribution is -0.137. The standard InChI is InChI=1S/C26H26F4N4O4S/c1-2-39(36,37)23-9-3-17(4-10-23)13-31-24(35)18-14-32-25(33-15-18)34-16-22(11-20(34)12-27)38-21-7-5-19(6-8-21)26(28,29)30/h3-10,14-15,20,22H,2,11-13,16H2,1H3,(H,31,35)/t20-,22+/m0/s1. The minimum Gasteiger partial charge on any atom is -0.489 e. The molecule has 1 amide bonds. The monoisotopic (exact) mass is 566 g/mol. The third-order valence-electron chi connectivity index (χ3n) is 6.31. The zero-order chi connectivity index (χ0) is 28.2. The molecule has 0 bridgehead atoms. The van der Waals surface area contributed by atoms with Crippen LogP contribution in [0.15, 0.2) is 65.8 Å². The quantitative estimate of drug-likeness (QED) is 0.387. The zero-order valence-electron chi connectivity index (χ0n) is 20.9. The first-order valence-electron chi connectivity index (χ1n) is 12.1. The summed E-state index contributed by atoms with van der Waals surface area (Å²) in [5, 5.41) is 2.71. The number of ether oxygens (including phenoxy) is 1. The number of hydrogen-bond donors (Lipinski definition) is 1. The highest BCUT2D eigenvalue weighted by molar-refractivity contribution is 7.91. The van der Waals surface area contributed by atoms with Crippen molar-refractivity contribution in [1.29, 1.82) is 0 Å². The van der Waals surface area contributed by atoms with Gasteiger partial charge in [0, 0.05) is 25.4 Å². The molecule has 1 aliphatic heterocycles. The number of aromatic nitrogens is 2. The fraction of sp³-hybridized carbons (Fsp3) is 0.346. The van der Waals surface area contributed by atoms with Gasteiger partial charge in [0.15, 0.2) is 9.84 Å². The van der Waals surface area contributed by atoms with Crippen molar-refractivity contribution < 1.29 is 35.5 Å². The first kappa shape index (κ1) is 28.3. The largest absolute Gasteiger partial charge is 0.489 e. The summed E-state index contributed by atoms with van der Waals surface area (Å²) >= 11 is 0. The van der Waals surface area contributed by atoms with E-state index in [0.717, 1.165) is 12.1 Å². The second-order valence-electron chi connectivity index (χ2n) is 8.96. The summed E-state index contributed by atoms with van der Waals surface area (Å²) < 4.78 is 81.7. The molecule has 208 valence electrons. The minimum absolute atomic E-state index is 0.00455. The Morgan fingerprint density at radius 2 is 1.72 bits per heavy atom. The SMILES string of the molecule is CCS(=O)(=O)c1ccc(CNC(=O)c2cnc(N3C[C@H](Oc4ccc(C(F)(F)F)cc4)C[C@H]3CF)nc2)cc1. The van der Waals surface area contributed by atoms with Crippen molar-refractivity contribution in [2.75, 3.05) is 23.9 Å². The van der Waals surface area contributed by atoms with Crippen LogP contribution in [0.4, 0.5) is 23.5 Å². The summed E-state index contributed by atoms with van der Waals surface area (Å²) in [6, 6.07) is 9.92. The smallest absolute Gasteiger partial charge is 0.416 e. The second-order valence-corrected chi connectivity index (χ2v) is 11.2. The van der Waals surface area contributed by atoms with Gasteiger partial charge < -0.3 is 15.0 Å². The average Bonchev–Trinajstić information content (AvgIpc) is 3.34. The number of nitrogens with one attached hydrogen (secondary N) is 1. The molecule has 0 aliphatic carbocycles. The topological polar surface area (TPSA) is 101 Å². The number of hydrogen-bond acceptors (Lipinski definition) is 7. The van der Waals surface area contributed by atoms with E-state index in [2.05, 4.69) is 15.3 Å². The maximum atomic E-state index is 13.7.